The summed E-state index contributed by atoms with van der Waals surface area (Å²) in [6, 6.07) is 6.47. The van der Waals surface area contributed by atoms with Gasteiger partial charge in [-0.15, -0.1) is 11.3 Å². The number of nitro groups is 1. The van der Waals surface area contributed by atoms with E-state index in [4.69, 9.17) is 4.74 Å². The summed E-state index contributed by atoms with van der Waals surface area (Å²) in [6.45, 7) is -1.18. The molecule has 0 saturated heterocycles. The minimum absolute atomic E-state index is 0.00228. The zero-order chi connectivity index (χ0) is 21.4. The molecule has 1 aromatic carbocycles. The number of ether oxygens (including phenoxy) is 2. The van der Waals surface area contributed by atoms with Crippen molar-refractivity contribution in [3.8, 4) is 0 Å². The first-order valence-corrected chi connectivity index (χ1v) is 8.83. The first-order valence-electron chi connectivity index (χ1n) is 7.95. The number of nitrogens with one attached hydrogen (secondary N) is 2. The van der Waals surface area contributed by atoms with E-state index in [0.29, 0.717) is 0 Å². The van der Waals surface area contributed by atoms with Crippen molar-refractivity contribution in [3.05, 3.63) is 56.3 Å². The lowest BCUT2D eigenvalue weighted by Gasteiger charge is -2.08. The van der Waals surface area contributed by atoms with E-state index in [0.717, 1.165) is 17.4 Å². The molecule has 0 aliphatic carbocycles. The van der Waals surface area contributed by atoms with E-state index in [9.17, 15) is 29.3 Å². The van der Waals surface area contributed by atoms with Gasteiger partial charge in [-0.05, 0) is 17.5 Å². The van der Waals surface area contributed by atoms with Crippen LogP contribution in [0.4, 0.5) is 11.4 Å². The molecule has 0 bridgehead atoms. The third kappa shape index (κ3) is 6.10. The Balaban J connectivity index is 1.80. The highest BCUT2D eigenvalue weighted by Gasteiger charge is 2.17. The number of esters is 2. The predicted octanol–water partition coefficient (Wildman–Crippen LogP) is 1.35. The number of rotatable bonds is 8. The first kappa shape index (κ1) is 21.5. The molecule has 152 valence electrons. The molecular formula is C17H15N3O8S. The number of amides is 2. The minimum atomic E-state index is -0.891. The molecule has 0 aliphatic heterocycles. The Bertz CT molecular complexity index is 956. The van der Waals surface area contributed by atoms with Crippen molar-refractivity contribution in [2.75, 3.05) is 25.6 Å². The van der Waals surface area contributed by atoms with Crippen LogP contribution in [0.5, 0.6) is 0 Å². The van der Waals surface area contributed by atoms with Crippen LogP contribution < -0.4 is 10.6 Å². The highest BCUT2D eigenvalue weighted by atomic mass is 32.1. The number of non-ortho nitro benzene ring substituents is 1. The number of carbonyl (C=O) groups excluding carboxylic acids is 4. The second kappa shape index (κ2) is 9.94. The number of nitro benzene ring substituents is 1. The number of thiophene rings is 1. The molecule has 12 heteroatoms. The van der Waals surface area contributed by atoms with Gasteiger partial charge in [0.25, 0.3) is 17.5 Å². The maximum absolute atomic E-state index is 11.9. The Morgan fingerprint density at radius 1 is 1.21 bits per heavy atom. The lowest BCUT2D eigenvalue weighted by molar-refractivity contribution is -0.384. The largest absolute Gasteiger partial charge is 0.465 e. The molecule has 0 unspecified atom stereocenters. The van der Waals surface area contributed by atoms with Crippen molar-refractivity contribution in [2.24, 2.45) is 0 Å². The average Bonchev–Trinajstić information content (AvgIpc) is 3.17. The summed E-state index contributed by atoms with van der Waals surface area (Å²) in [5, 5.41) is 16.9. The van der Waals surface area contributed by atoms with E-state index in [1.165, 1.54) is 31.4 Å². The fourth-order valence-electron chi connectivity index (χ4n) is 2.06. The maximum Gasteiger partial charge on any atom is 0.350 e. The number of hydrogen-bond acceptors (Lipinski definition) is 9. The Morgan fingerprint density at radius 2 is 1.97 bits per heavy atom. The molecule has 0 radical (unpaired) electrons. The predicted molar refractivity (Wildman–Crippen MR) is 101 cm³/mol. The van der Waals surface area contributed by atoms with Crippen LogP contribution in [-0.2, 0) is 19.1 Å². The van der Waals surface area contributed by atoms with Gasteiger partial charge in [-0.25, -0.2) is 4.79 Å². The molecule has 11 nitrogen and oxygen atoms in total. The monoisotopic (exact) mass is 421 g/mol. The van der Waals surface area contributed by atoms with Gasteiger partial charge < -0.3 is 20.1 Å². The van der Waals surface area contributed by atoms with Gasteiger partial charge in [0, 0.05) is 17.7 Å². The molecule has 2 amide bonds. The SMILES string of the molecule is COC(=O)c1sccc1NC(=O)COC(=O)CNC(=O)c1cccc([N+](=O)[O-])c1. The Kier molecular flexibility index (Phi) is 7.37. The van der Waals surface area contributed by atoms with Gasteiger partial charge >= 0.3 is 11.9 Å². The number of benzene rings is 1. The first-order chi connectivity index (χ1) is 13.8. The Morgan fingerprint density at radius 3 is 2.66 bits per heavy atom. The summed E-state index contributed by atoms with van der Waals surface area (Å²) in [4.78, 5) is 57.3. The molecule has 1 heterocycles. The summed E-state index contributed by atoms with van der Waals surface area (Å²) < 4.78 is 9.32. The van der Waals surface area contributed by atoms with Crippen LogP contribution in [0.25, 0.3) is 0 Å². The summed E-state index contributed by atoms with van der Waals surface area (Å²) in [6.07, 6.45) is 0. The lowest BCUT2D eigenvalue weighted by atomic mass is 10.2. The molecule has 2 rings (SSSR count). The zero-order valence-corrected chi connectivity index (χ0v) is 15.8. The lowest BCUT2D eigenvalue weighted by Crippen LogP contribution is -2.32. The van der Waals surface area contributed by atoms with E-state index in [-0.39, 0.29) is 21.8 Å². The maximum atomic E-state index is 11.9. The van der Waals surface area contributed by atoms with Gasteiger partial charge in [-0.2, -0.15) is 0 Å². The van der Waals surface area contributed by atoms with Crippen molar-refractivity contribution in [3.63, 3.8) is 0 Å². The van der Waals surface area contributed by atoms with E-state index in [2.05, 4.69) is 15.4 Å². The fourth-order valence-corrected chi connectivity index (χ4v) is 2.82. The van der Waals surface area contributed by atoms with Crippen molar-refractivity contribution in [2.45, 2.75) is 0 Å². The van der Waals surface area contributed by atoms with Crippen LogP contribution in [0.2, 0.25) is 0 Å². The molecule has 0 atom stereocenters. The highest BCUT2D eigenvalue weighted by molar-refractivity contribution is 7.12. The summed E-state index contributed by atoms with van der Waals surface area (Å²) in [5.74, 6) is -2.91. The van der Waals surface area contributed by atoms with Crippen molar-refractivity contribution in [1.29, 1.82) is 0 Å². The van der Waals surface area contributed by atoms with Crippen molar-refractivity contribution >= 4 is 46.5 Å². The van der Waals surface area contributed by atoms with Crippen molar-refractivity contribution in [1.82, 2.24) is 5.32 Å². The van der Waals surface area contributed by atoms with Gasteiger partial charge in [0.05, 0.1) is 17.7 Å². The van der Waals surface area contributed by atoms with E-state index in [1.54, 1.807) is 5.38 Å². The molecule has 0 aliphatic rings. The molecule has 0 fully saturated rings. The van der Waals surface area contributed by atoms with Crippen LogP contribution in [0.3, 0.4) is 0 Å². The van der Waals surface area contributed by atoms with Gasteiger partial charge in [0.1, 0.15) is 11.4 Å². The second-order valence-electron chi connectivity index (χ2n) is 5.35. The van der Waals surface area contributed by atoms with Crippen LogP contribution >= 0.6 is 11.3 Å². The van der Waals surface area contributed by atoms with Crippen LogP contribution in [0.1, 0.15) is 20.0 Å². The van der Waals surface area contributed by atoms with Gasteiger partial charge in [-0.3, -0.25) is 24.5 Å². The molecular weight excluding hydrogens is 406 g/mol. The molecule has 0 spiro atoms. The van der Waals surface area contributed by atoms with Crippen molar-refractivity contribution < 1.29 is 33.6 Å². The minimum Gasteiger partial charge on any atom is -0.465 e. The molecule has 2 aromatic rings. The highest BCUT2D eigenvalue weighted by Crippen LogP contribution is 2.22. The van der Waals surface area contributed by atoms with Gasteiger partial charge in [0.15, 0.2) is 6.61 Å². The number of anilines is 1. The number of hydrogen-bond donors (Lipinski definition) is 2. The zero-order valence-electron chi connectivity index (χ0n) is 15.0. The van der Waals surface area contributed by atoms with Crippen LogP contribution in [-0.4, -0.2) is 48.9 Å². The van der Waals surface area contributed by atoms with Gasteiger partial charge in [-0.1, -0.05) is 6.07 Å². The molecule has 0 saturated carbocycles. The normalized spacial score (nSPS) is 9.97. The Labute approximate surface area is 167 Å². The third-order valence-electron chi connectivity index (χ3n) is 3.39. The average molecular weight is 421 g/mol. The number of carbonyl (C=O) groups is 4. The summed E-state index contributed by atoms with van der Waals surface area (Å²) >= 11 is 1.07. The topological polar surface area (TPSA) is 154 Å². The second-order valence-corrected chi connectivity index (χ2v) is 6.27. The number of methoxy groups -OCH3 is 1. The Hall–Kier alpha value is -3.80. The van der Waals surface area contributed by atoms with E-state index in [1.807, 2.05) is 0 Å². The standard InChI is InChI=1S/C17H15N3O8S/c1-27-17(24)15-12(5-6-29-15)19-13(21)9-28-14(22)8-18-16(23)10-3-2-4-11(7-10)20(25)26/h2-7H,8-9H2,1H3,(H,18,23)(H,19,21). The molecule has 2 N–H and O–H groups in total. The number of nitrogens with zero attached hydrogens (tertiary/aromatic N) is 1. The van der Waals surface area contributed by atoms with E-state index < -0.39 is 41.8 Å². The molecule has 29 heavy (non-hydrogen) atoms. The van der Waals surface area contributed by atoms with Crippen LogP contribution in [0.15, 0.2) is 35.7 Å². The van der Waals surface area contributed by atoms with Crippen LogP contribution in [0, 0.1) is 10.1 Å². The van der Waals surface area contributed by atoms with Gasteiger partial charge in [0.2, 0.25) is 0 Å². The fraction of sp³-hybridized carbons (Fsp3) is 0.176. The van der Waals surface area contributed by atoms with E-state index >= 15 is 0 Å². The summed E-state index contributed by atoms with van der Waals surface area (Å²) in [5.41, 5.74) is -0.0453. The third-order valence-corrected chi connectivity index (χ3v) is 4.28. The quantitative estimate of drug-likeness (QED) is 0.368. The summed E-state index contributed by atoms with van der Waals surface area (Å²) in [7, 11) is 1.21. The smallest absolute Gasteiger partial charge is 0.350 e. The molecule has 1 aromatic heterocycles.